The van der Waals surface area contributed by atoms with Crippen LogP contribution in [0.5, 0.6) is 0 Å². The van der Waals surface area contributed by atoms with Crippen molar-refractivity contribution in [3.63, 3.8) is 0 Å². The highest BCUT2D eigenvalue weighted by Gasteiger charge is 2.55. The van der Waals surface area contributed by atoms with Gasteiger partial charge in [0.05, 0.1) is 18.3 Å². The second-order valence-electron chi connectivity index (χ2n) is 12.4. The number of ether oxygens (including phenoxy) is 1. The Morgan fingerprint density at radius 2 is 1.65 bits per heavy atom. The summed E-state index contributed by atoms with van der Waals surface area (Å²) in [4.78, 5) is 0. The van der Waals surface area contributed by atoms with E-state index in [4.69, 9.17) is 4.74 Å². The standard InChI is InChI=1S/C32H46O2/c1-21(2)26-14-13-24-15-16-29-31(5,6)27(17-18-32(29,7)28(24)20-26)30(25-11-9-8-10-12-25)34-23(4)19-22(3)33/h8-14,20-23,27,29-30,33H,15-19H2,1-7H3/t22-,23-,27?,29+,30+,32-/m0/s1. The fraction of sp³-hybridized carbons (Fsp3) is 0.625. The molecule has 0 aliphatic heterocycles. The Morgan fingerprint density at radius 3 is 2.29 bits per heavy atom. The summed E-state index contributed by atoms with van der Waals surface area (Å²) in [6, 6.07) is 18.1. The summed E-state index contributed by atoms with van der Waals surface area (Å²) in [6.45, 7) is 16.2. The van der Waals surface area contributed by atoms with E-state index in [2.05, 4.69) is 90.1 Å². The summed E-state index contributed by atoms with van der Waals surface area (Å²) in [7, 11) is 0. The second-order valence-corrected chi connectivity index (χ2v) is 12.4. The summed E-state index contributed by atoms with van der Waals surface area (Å²) in [5.41, 5.74) is 6.28. The summed E-state index contributed by atoms with van der Waals surface area (Å²) < 4.78 is 6.80. The van der Waals surface area contributed by atoms with E-state index < -0.39 is 0 Å². The molecule has 1 saturated carbocycles. The Labute approximate surface area is 208 Å². The molecule has 0 aromatic heterocycles. The number of aliphatic hydroxyl groups is 1. The molecule has 0 bridgehead atoms. The number of hydrogen-bond donors (Lipinski definition) is 1. The molecule has 0 heterocycles. The second kappa shape index (κ2) is 9.78. The molecule has 2 aliphatic carbocycles. The molecule has 34 heavy (non-hydrogen) atoms. The fourth-order valence-corrected chi connectivity index (χ4v) is 7.47. The van der Waals surface area contributed by atoms with Gasteiger partial charge >= 0.3 is 0 Å². The van der Waals surface area contributed by atoms with E-state index in [-0.39, 0.29) is 29.1 Å². The minimum Gasteiger partial charge on any atom is -0.393 e. The molecule has 2 heteroatoms. The minimum absolute atomic E-state index is 0.0231. The van der Waals surface area contributed by atoms with Crippen LogP contribution in [0.4, 0.5) is 0 Å². The van der Waals surface area contributed by atoms with Gasteiger partial charge in [0.15, 0.2) is 0 Å². The summed E-state index contributed by atoms with van der Waals surface area (Å²) in [5.74, 6) is 1.62. The predicted molar refractivity (Wildman–Crippen MR) is 142 cm³/mol. The molecular weight excluding hydrogens is 416 g/mol. The first-order chi connectivity index (χ1) is 16.0. The van der Waals surface area contributed by atoms with Crippen molar-refractivity contribution >= 4 is 0 Å². The lowest BCUT2D eigenvalue weighted by Crippen LogP contribution is -2.53. The lowest BCUT2D eigenvalue weighted by atomic mass is 9.46. The molecule has 0 spiro atoms. The van der Waals surface area contributed by atoms with E-state index in [1.807, 2.05) is 6.92 Å². The highest BCUT2D eigenvalue weighted by Crippen LogP contribution is 2.62. The van der Waals surface area contributed by atoms with Crippen molar-refractivity contribution in [1.82, 2.24) is 0 Å². The summed E-state index contributed by atoms with van der Waals surface area (Å²) in [6.07, 6.45) is 5.19. The molecule has 0 radical (unpaired) electrons. The third-order valence-corrected chi connectivity index (χ3v) is 9.26. The first-order valence-corrected chi connectivity index (χ1v) is 13.6. The van der Waals surface area contributed by atoms with Gasteiger partial charge in [0.25, 0.3) is 0 Å². The van der Waals surface area contributed by atoms with E-state index in [0.29, 0.717) is 24.2 Å². The van der Waals surface area contributed by atoms with Crippen molar-refractivity contribution in [1.29, 1.82) is 0 Å². The van der Waals surface area contributed by atoms with Gasteiger partial charge in [-0.15, -0.1) is 0 Å². The zero-order valence-corrected chi connectivity index (χ0v) is 22.5. The van der Waals surface area contributed by atoms with Gasteiger partial charge < -0.3 is 9.84 Å². The summed E-state index contributed by atoms with van der Waals surface area (Å²) in [5, 5.41) is 9.98. The van der Waals surface area contributed by atoms with Gasteiger partial charge in [-0.3, -0.25) is 0 Å². The Hall–Kier alpha value is -1.64. The van der Waals surface area contributed by atoms with Gasteiger partial charge in [0, 0.05) is 0 Å². The van der Waals surface area contributed by atoms with Crippen LogP contribution in [0.1, 0.15) is 108 Å². The van der Waals surface area contributed by atoms with E-state index in [1.165, 1.54) is 30.4 Å². The first kappa shape index (κ1) is 25.5. The molecule has 2 aromatic rings. The maximum atomic E-state index is 9.98. The van der Waals surface area contributed by atoms with Crippen LogP contribution >= 0.6 is 0 Å². The van der Waals surface area contributed by atoms with Gasteiger partial charge in [-0.1, -0.05) is 83.1 Å². The highest BCUT2D eigenvalue weighted by atomic mass is 16.5. The molecular formula is C32H46O2. The molecule has 2 aliphatic rings. The molecule has 1 unspecified atom stereocenters. The van der Waals surface area contributed by atoms with Crippen LogP contribution < -0.4 is 0 Å². The van der Waals surface area contributed by atoms with Crippen LogP contribution in [-0.2, 0) is 16.6 Å². The number of benzene rings is 2. The van der Waals surface area contributed by atoms with E-state index >= 15 is 0 Å². The maximum absolute atomic E-state index is 9.98. The Kier molecular flexibility index (Phi) is 7.32. The van der Waals surface area contributed by atoms with Gasteiger partial charge in [-0.2, -0.15) is 0 Å². The van der Waals surface area contributed by atoms with Gasteiger partial charge in [-0.05, 0) is 96.8 Å². The number of rotatable bonds is 7. The quantitative estimate of drug-likeness (QED) is 0.452. The van der Waals surface area contributed by atoms with Crippen molar-refractivity contribution < 1.29 is 9.84 Å². The molecule has 2 nitrogen and oxygen atoms in total. The number of aryl methyl sites for hydroxylation is 1. The predicted octanol–water partition coefficient (Wildman–Crippen LogP) is 7.98. The average molecular weight is 463 g/mol. The van der Waals surface area contributed by atoms with Crippen LogP contribution in [0, 0.1) is 17.3 Å². The van der Waals surface area contributed by atoms with Crippen molar-refractivity contribution in [2.75, 3.05) is 0 Å². The van der Waals surface area contributed by atoms with Gasteiger partial charge in [0.1, 0.15) is 0 Å². The highest BCUT2D eigenvalue weighted by molar-refractivity contribution is 5.42. The third kappa shape index (κ3) is 4.73. The zero-order chi connectivity index (χ0) is 24.7. The number of aliphatic hydroxyl groups excluding tert-OH is 1. The molecule has 4 rings (SSSR count). The third-order valence-electron chi connectivity index (χ3n) is 9.26. The number of hydrogen-bond acceptors (Lipinski definition) is 2. The van der Waals surface area contributed by atoms with E-state index in [1.54, 1.807) is 11.1 Å². The first-order valence-electron chi connectivity index (χ1n) is 13.6. The van der Waals surface area contributed by atoms with Crippen LogP contribution in [0.2, 0.25) is 0 Å². The van der Waals surface area contributed by atoms with Crippen LogP contribution in [-0.4, -0.2) is 17.3 Å². The van der Waals surface area contributed by atoms with E-state index in [9.17, 15) is 5.11 Å². The molecule has 1 fully saturated rings. The van der Waals surface area contributed by atoms with Crippen molar-refractivity contribution in [2.45, 2.75) is 110 Å². The molecule has 2 aromatic carbocycles. The Balaban J connectivity index is 1.69. The summed E-state index contributed by atoms with van der Waals surface area (Å²) >= 11 is 0. The van der Waals surface area contributed by atoms with Crippen molar-refractivity contribution in [3.8, 4) is 0 Å². The van der Waals surface area contributed by atoms with Crippen LogP contribution in [0.15, 0.2) is 48.5 Å². The zero-order valence-electron chi connectivity index (χ0n) is 22.5. The van der Waals surface area contributed by atoms with Crippen LogP contribution in [0.3, 0.4) is 0 Å². The molecule has 0 saturated heterocycles. The maximum Gasteiger partial charge on any atom is 0.0861 e. The smallest absolute Gasteiger partial charge is 0.0861 e. The molecule has 6 atom stereocenters. The van der Waals surface area contributed by atoms with E-state index in [0.717, 1.165) is 6.42 Å². The fourth-order valence-electron chi connectivity index (χ4n) is 7.47. The lowest BCUT2D eigenvalue weighted by molar-refractivity contribution is -0.123. The number of fused-ring (bicyclic) bond motifs is 3. The monoisotopic (exact) mass is 462 g/mol. The normalized spacial score (nSPS) is 28.6. The molecule has 186 valence electrons. The topological polar surface area (TPSA) is 29.5 Å². The SMILES string of the molecule is CC(C)c1ccc2c(c1)[C@]1(C)CCC([C@H](O[C@@H](C)C[C@H](C)O)c3ccccc3)C(C)(C)[C@H]1CC2. The van der Waals surface area contributed by atoms with Crippen molar-refractivity contribution in [3.05, 3.63) is 70.8 Å². The van der Waals surface area contributed by atoms with Gasteiger partial charge in [-0.25, -0.2) is 0 Å². The van der Waals surface area contributed by atoms with Crippen molar-refractivity contribution in [2.24, 2.45) is 17.3 Å². The minimum atomic E-state index is -0.348. The lowest BCUT2D eigenvalue weighted by Gasteiger charge is -2.59. The van der Waals surface area contributed by atoms with Gasteiger partial charge in [0.2, 0.25) is 0 Å². The van der Waals surface area contributed by atoms with Crippen LogP contribution in [0.25, 0.3) is 0 Å². The Bertz CT molecular complexity index is 960. The Morgan fingerprint density at radius 1 is 0.941 bits per heavy atom. The largest absolute Gasteiger partial charge is 0.393 e. The average Bonchev–Trinajstić information content (AvgIpc) is 2.77. The molecule has 1 N–H and O–H groups in total. The molecule has 0 amide bonds.